The van der Waals surface area contributed by atoms with E-state index in [1.807, 2.05) is 30.3 Å². The van der Waals surface area contributed by atoms with Crippen LogP contribution in [0, 0.1) is 0 Å². The Bertz CT molecular complexity index is 331. The Hall–Kier alpha value is -0.340. The second kappa shape index (κ2) is 4.94. The molecule has 0 radical (unpaired) electrons. The van der Waals surface area contributed by atoms with Gasteiger partial charge in [0.15, 0.2) is 0 Å². The molecule has 0 spiro atoms. The summed E-state index contributed by atoms with van der Waals surface area (Å²) in [4.78, 5) is 9.35. The highest BCUT2D eigenvalue weighted by Crippen LogP contribution is 2.45. The fourth-order valence-corrected chi connectivity index (χ4v) is 2.29. The lowest BCUT2D eigenvalue weighted by Crippen LogP contribution is -2.23. The zero-order valence-electron chi connectivity index (χ0n) is 7.64. The van der Waals surface area contributed by atoms with E-state index in [1.165, 1.54) is 0 Å². The SMILES string of the molecule is NC(Cc1ccccc1)P(=O)(O)CCl. The van der Waals surface area contributed by atoms with E-state index in [9.17, 15) is 9.46 Å². The van der Waals surface area contributed by atoms with E-state index in [1.54, 1.807) is 0 Å². The maximum absolute atomic E-state index is 11.4. The fourth-order valence-electron chi connectivity index (χ4n) is 1.09. The van der Waals surface area contributed by atoms with Crippen LogP contribution in [0.4, 0.5) is 0 Å². The number of benzene rings is 1. The quantitative estimate of drug-likeness (QED) is 0.617. The second-order valence-corrected chi connectivity index (χ2v) is 6.26. The molecular weight excluding hydrogens is 221 g/mol. The van der Waals surface area contributed by atoms with Crippen LogP contribution >= 0.6 is 19.0 Å². The van der Waals surface area contributed by atoms with Gasteiger partial charge in [0.05, 0.1) is 5.78 Å². The summed E-state index contributed by atoms with van der Waals surface area (Å²) in [5, 5.41) is 0. The lowest BCUT2D eigenvalue weighted by atomic mass is 10.1. The number of nitrogens with two attached hydrogens (primary N) is 1. The number of alkyl halides is 1. The van der Waals surface area contributed by atoms with Crippen molar-refractivity contribution in [3.05, 3.63) is 35.9 Å². The normalized spacial score (nSPS) is 17.4. The largest absolute Gasteiger partial charge is 0.342 e. The predicted octanol–water partition coefficient (Wildman–Crippen LogP) is 1.98. The van der Waals surface area contributed by atoms with Crippen molar-refractivity contribution in [1.82, 2.24) is 0 Å². The molecule has 0 heterocycles. The van der Waals surface area contributed by atoms with Gasteiger partial charge in [-0.15, -0.1) is 11.6 Å². The molecule has 0 amide bonds. The van der Waals surface area contributed by atoms with Gasteiger partial charge in [-0.3, -0.25) is 4.57 Å². The van der Waals surface area contributed by atoms with Crippen molar-refractivity contribution in [3.8, 4) is 0 Å². The van der Waals surface area contributed by atoms with Crippen LogP contribution in [0.3, 0.4) is 0 Å². The Morgan fingerprint density at radius 3 is 2.50 bits per heavy atom. The monoisotopic (exact) mass is 233 g/mol. The minimum Gasteiger partial charge on any atom is -0.342 e. The Morgan fingerprint density at radius 2 is 2.00 bits per heavy atom. The average Bonchev–Trinajstić information content (AvgIpc) is 2.19. The van der Waals surface area contributed by atoms with Crippen LogP contribution in [-0.2, 0) is 11.0 Å². The van der Waals surface area contributed by atoms with E-state index >= 15 is 0 Å². The van der Waals surface area contributed by atoms with E-state index in [0.29, 0.717) is 6.42 Å². The van der Waals surface area contributed by atoms with Crippen LogP contribution in [0.25, 0.3) is 0 Å². The van der Waals surface area contributed by atoms with Crippen molar-refractivity contribution in [3.63, 3.8) is 0 Å². The summed E-state index contributed by atoms with van der Waals surface area (Å²) in [6.45, 7) is 0. The molecule has 5 heteroatoms. The molecule has 1 aromatic carbocycles. The van der Waals surface area contributed by atoms with Crippen LogP contribution in [0.1, 0.15) is 5.56 Å². The van der Waals surface area contributed by atoms with Crippen LogP contribution in [0.5, 0.6) is 0 Å². The van der Waals surface area contributed by atoms with Gasteiger partial charge in [0, 0.05) is 0 Å². The van der Waals surface area contributed by atoms with Gasteiger partial charge in [-0.1, -0.05) is 30.3 Å². The molecule has 14 heavy (non-hydrogen) atoms. The molecule has 2 atom stereocenters. The van der Waals surface area contributed by atoms with Crippen LogP contribution in [-0.4, -0.2) is 16.3 Å². The van der Waals surface area contributed by atoms with Crippen LogP contribution in [0.15, 0.2) is 30.3 Å². The summed E-state index contributed by atoms with van der Waals surface area (Å²) in [5.41, 5.74) is 6.25. The van der Waals surface area contributed by atoms with Crippen LogP contribution in [0.2, 0.25) is 0 Å². The zero-order valence-corrected chi connectivity index (χ0v) is 9.29. The lowest BCUT2D eigenvalue weighted by Gasteiger charge is -2.16. The average molecular weight is 234 g/mol. The molecule has 0 aromatic heterocycles. The summed E-state index contributed by atoms with van der Waals surface area (Å²) in [7, 11) is -3.39. The number of hydrogen-bond donors (Lipinski definition) is 2. The molecule has 1 aromatic rings. The predicted molar refractivity (Wildman–Crippen MR) is 58.7 cm³/mol. The molecule has 3 nitrogen and oxygen atoms in total. The highest BCUT2D eigenvalue weighted by Gasteiger charge is 2.26. The smallest absolute Gasteiger partial charge is 0.231 e. The van der Waals surface area contributed by atoms with Gasteiger partial charge in [-0.05, 0) is 12.0 Å². The number of halogens is 1. The Morgan fingerprint density at radius 1 is 1.43 bits per heavy atom. The van der Waals surface area contributed by atoms with Gasteiger partial charge in [0.2, 0.25) is 7.37 Å². The van der Waals surface area contributed by atoms with Crippen molar-refractivity contribution < 1.29 is 9.46 Å². The van der Waals surface area contributed by atoms with Gasteiger partial charge < -0.3 is 10.6 Å². The summed E-state index contributed by atoms with van der Waals surface area (Å²) in [6, 6.07) is 9.35. The van der Waals surface area contributed by atoms with Crippen LogP contribution < -0.4 is 5.73 Å². The first-order chi connectivity index (χ1) is 6.56. The van der Waals surface area contributed by atoms with Gasteiger partial charge in [0.25, 0.3) is 0 Å². The molecule has 0 bridgehead atoms. The molecule has 0 fully saturated rings. The molecule has 0 aliphatic carbocycles. The molecule has 0 aliphatic heterocycles. The first-order valence-electron chi connectivity index (χ1n) is 4.23. The Kier molecular flexibility index (Phi) is 4.14. The standard InChI is InChI=1S/C9H13ClNO2P/c10-7-14(12,13)9(11)6-8-4-2-1-3-5-8/h1-5,9H,6-7,11H2,(H,12,13). The minimum atomic E-state index is -3.39. The molecule has 3 N–H and O–H groups in total. The second-order valence-electron chi connectivity index (χ2n) is 3.13. The molecular formula is C9H13ClNO2P. The molecule has 2 unspecified atom stereocenters. The third-order valence-electron chi connectivity index (χ3n) is 1.98. The molecule has 0 saturated carbocycles. The lowest BCUT2D eigenvalue weighted by molar-refractivity contribution is 0.467. The van der Waals surface area contributed by atoms with E-state index in [0.717, 1.165) is 5.56 Å². The van der Waals surface area contributed by atoms with Crippen molar-refractivity contribution >= 4 is 19.0 Å². The van der Waals surface area contributed by atoms with Crippen molar-refractivity contribution in [1.29, 1.82) is 0 Å². The van der Waals surface area contributed by atoms with E-state index in [-0.39, 0.29) is 5.62 Å². The summed E-state index contributed by atoms with van der Waals surface area (Å²) < 4.78 is 11.4. The number of hydrogen-bond acceptors (Lipinski definition) is 2. The molecule has 78 valence electrons. The van der Waals surface area contributed by atoms with Gasteiger partial charge in [-0.25, -0.2) is 0 Å². The van der Waals surface area contributed by atoms with Crippen molar-refractivity contribution in [2.45, 2.75) is 12.2 Å². The van der Waals surface area contributed by atoms with Gasteiger partial charge >= 0.3 is 0 Å². The maximum Gasteiger partial charge on any atom is 0.231 e. The van der Waals surface area contributed by atoms with Crippen molar-refractivity contribution in [2.75, 3.05) is 5.62 Å². The first kappa shape index (κ1) is 11.7. The van der Waals surface area contributed by atoms with E-state index < -0.39 is 13.2 Å². The van der Waals surface area contributed by atoms with Gasteiger partial charge in [0.1, 0.15) is 5.62 Å². The highest BCUT2D eigenvalue weighted by molar-refractivity contribution is 7.60. The summed E-state index contributed by atoms with van der Waals surface area (Å²) in [5.74, 6) is -0.776. The minimum absolute atomic E-state index is 0.291. The van der Waals surface area contributed by atoms with E-state index in [4.69, 9.17) is 17.3 Å². The molecule has 0 saturated heterocycles. The molecule has 0 aliphatic rings. The van der Waals surface area contributed by atoms with Gasteiger partial charge in [-0.2, -0.15) is 0 Å². The highest BCUT2D eigenvalue weighted by atomic mass is 35.5. The fraction of sp³-hybridized carbons (Fsp3) is 0.333. The van der Waals surface area contributed by atoms with Crippen molar-refractivity contribution in [2.24, 2.45) is 5.73 Å². The Labute approximate surface area is 88.3 Å². The van der Waals surface area contributed by atoms with E-state index in [2.05, 4.69) is 0 Å². The Balaban J connectivity index is 2.67. The third-order valence-corrected chi connectivity index (χ3v) is 4.57. The number of rotatable bonds is 4. The molecule has 1 rings (SSSR count). The topological polar surface area (TPSA) is 63.3 Å². The maximum atomic E-state index is 11.4. The summed E-state index contributed by atoms with van der Waals surface area (Å²) in [6.07, 6.45) is 0.376. The first-order valence-corrected chi connectivity index (χ1v) is 6.68. The third kappa shape index (κ3) is 3.10. The summed E-state index contributed by atoms with van der Waals surface area (Å²) >= 11 is 5.36. The zero-order chi connectivity index (χ0) is 10.6.